The predicted molar refractivity (Wildman–Crippen MR) is 90.7 cm³/mol. The summed E-state index contributed by atoms with van der Waals surface area (Å²) in [6.45, 7) is 4.32. The van der Waals surface area contributed by atoms with Gasteiger partial charge in [0, 0.05) is 11.4 Å². The minimum absolute atomic E-state index is 0.0289. The van der Waals surface area contributed by atoms with Gasteiger partial charge in [-0.3, -0.25) is 0 Å². The Bertz CT molecular complexity index is 635. The summed E-state index contributed by atoms with van der Waals surface area (Å²) >= 11 is 14.3. The predicted octanol–water partition coefficient (Wildman–Crippen LogP) is 5.41. The quantitative estimate of drug-likeness (QED) is 0.786. The molecule has 1 fully saturated rings. The molecule has 1 aromatic heterocycles. The van der Waals surface area contributed by atoms with Gasteiger partial charge in [-0.2, -0.15) is 0 Å². The number of aromatic nitrogens is 1. The highest BCUT2D eigenvalue weighted by atomic mass is 35.5. The Morgan fingerprint density at radius 1 is 1.29 bits per heavy atom. The third-order valence-corrected chi connectivity index (χ3v) is 5.41. The van der Waals surface area contributed by atoms with Crippen molar-refractivity contribution in [3.8, 4) is 0 Å². The molecule has 1 saturated carbocycles. The molecule has 0 spiro atoms. The zero-order valence-electron chi connectivity index (χ0n) is 12.1. The molecule has 1 unspecified atom stereocenters. The Morgan fingerprint density at radius 3 is 2.67 bits per heavy atom. The number of halogens is 2. The molecule has 2 nitrogen and oxygen atoms in total. The Kier molecular flexibility index (Phi) is 4.55. The van der Waals surface area contributed by atoms with Crippen molar-refractivity contribution in [1.29, 1.82) is 0 Å². The monoisotopic (exact) mass is 340 g/mol. The highest BCUT2D eigenvalue weighted by Crippen LogP contribution is 2.37. The molecule has 1 atom stereocenters. The van der Waals surface area contributed by atoms with Crippen molar-refractivity contribution in [2.45, 2.75) is 44.7 Å². The van der Waals surface area contributed by atoms with Gasteiger partial charge in [-0.05, 0) is 30.4 Å². The first kappa shape index (κ1) is 15.3. The molecule has 0 aliphatic heterocycles. The Morgan fingerprint density at radius 2 is 2.05 bits per heavy atom. The van der Waals surface area contributed by atoms with Gasteiger partial charge in [0.1, 0.15) is 5.01 Å². The molecular weight excluding hydrogens is 323 g/mol. The average Bonchev–Trinajstić information content (AvgIpc) is 3.13. The number of benzene rings is 1. The van der Waals surface area contributed by atoms with E-state index in [0.29, 0.717) is 22.0 Å². The molecule has 21 heavy (non-hydrogen) atoms. The summed E-state index contributed by atoms with van der Waals surface area (Å²) < 4.78 is 0. The second-order valence-corrected chi connectivity index (χ2v) is 7.46. The topological polar surface area (TPSA) is 24.9 Å². The number of thiazole rings is 1. The normalized spacial score (nSPS) is 16.4. The van der Waals surface area contributed by atoms with Crippen LogP contribution < -0.4 is 5.32 Å². The van der Waals surface area contributed by atoms with E-state index in [1.807, 2.05) is 18.2 Å². The molecule has 0 radical (unpaired) electrons. The first-order valence-corrected chi connectivity index (χ1v) is 8.85. The van der Waals surface area contributed by atoms with Crippen molar-refractivity contribution >= 4 is 34.5 Å². The van der Waals surface area contributed by atoms with Crippen LogP contribution in [0.2, 0.25) is 10.0 Å². The fourth-order valence-corrected chi connectivity index (χ4v) is 3.69. The number of hydrogen-bond donors (Lipinski definition) is 1. The van der Waals surface area contributed by atoms with E-state index in [1.165, 1.54) is 12.8 Å². The first-order chi connectivity index (χ1) is 10.1. The molecule has 1 aliphatic rings. The summed E-state index contributed by atoms with van der Waals surface area (Å²) in [6.07, 6.45) is 2.44. The maximum atomic E-state index is 6.42. The maximum Gasteiger partial charge on any atom is 0.114 e. The summed E-state index contributed by atoms with van der Waals surface area (Å²) in [4.78, 5) is 4.79. The van der Waals surface area contributed by atoms with E-state index in [4.69, 9.17) is 28.2 Å². The van der Waals surface area contributed by atoms with E-state index < -0.39 is 0 Å². The lowest BCUT2D eigenvalue weighted by molar-refractivity contribution is 0.595. The molecular formula is C16H18Cl2N2S. The van der Waals surface area contributed by atoms with E-state index in [0.717, 1.165) is 16.3 Å². The molecule has 112 valence electrons. The third-order valence-electron chi connectivity index (χ3n) is 3.65. The van der Waals surface area contributed by atoms with Gasteiger partial charge in [-0.25, -0.2) is 4.98 Å². The fraction of sp³-hybridized carbons (Fsp3) is 0.438. The second-order valence-electron chi connectivity index (χ2n) is 5.78. The highest BCUT2D eigenvalue weighted by molar-refractivity contribution is 7.09. The van der Waals surface area contributed by atoms with Crippen LogP contribution in [0.4, 0.5) is 0 Å². The van der Waals surface area contributed by atoms with Gasteiger partial charge in [0.15, 0.2) is 0 Å². The van der Waals surface area contributed by atoms with Crippen molar-refractivity contribution in [1.82, 2.24) is 10.3 Å². The standard InChI is InChI=1S/C16H18Cl2N2S/c1-9(2)13-8-21-16(20-13)15(19-10-6-7-10)11-4-3-5-12(17)14(11)18/h3-5,8-10,15,19H,6-7H2,1-2H3. The maximum absolute atomic E-state index is 6.42. The molecule has 0 bridgehead atoms. The number of rotatable bonds is 5. The molecule has 0 amide bonds. The van der Waals surface area contributed by atoms with Crippen LogP contribution in [0.3, 0.4) is 0 Å². The third kappa shape index (κ3) is 3.42. The zero-order chi connectivity index (χ0) is 15.0. The molecule has 1 aliphatic carbocycles. The lowest BCUT2D eigenvalue weighted by Crippen LogP contribution is -2.24. The molecule has 0 saturated heterocycles. The van der Waals surface area contributed by atoms with Gasteiger partial charge in [-0.1, -0.05) is 49.2 Å². The molecule has 1 heterocycles. The van der Waals surface area contributed by atoms with Crippen molar-refractivity contribution in [3.05, 3.63) is 49.9 Å². The molecule has 3 rings (SSSR count). The van der Waals surface area contributed by atoms with Gasteiger partial charge in [0.05, 0.1) is 21.8 Å². The van der Waals surface area contributed by atoms with Crippen molar-refractivity contribution in [2.24, 2.45) is 0 Å². The fourth-order valence-electron chi connectivity index (χ4n) is 2.22. The Hall–Kier alpha value is -0.610. The summed E-state index contributed by atoms with van der Waals surface area (Å²) in [7, 11) is 0. The van der Waals surface area contributed by atoms with Gasteiger partial charge >= 0.3 is 0 Å². The van der Waals surface area contributed by atoms with E-state index in [2.05, 4.69) is 24.5 Å². The van der Waals surface area contributed by atoms with Gasteiger partial charge in [0.25, 0.3) is 0 Å². The van der Waals surface area contributed by atoms with Crippen molar-refractivity contribution in [2.75, 3.05) is 0 Å². The van der Waals surface area contributed by atoms with Gasteiger partial charge < -0.3 is 5.32 Å². The van der Waals surface area contributed by atoms with Crippen LogP contribution in [-0.4, -0.2) is 11.0 Å². The lowest BCUT2D eigenvalue weighted by atomic mass is 10.1. The molecule has 1 N–H and O–H groups in total. The summed E-state index contributed by atoms with van der Waals surface area (Å²) in [5.41, 5.74) is 2.15. The van der Waals surface area contributed by atoms with E-state index in [9.17, 15) is 0 Å². The van der Waals surface area contributed by atoms with Crippen LogP contribution in [0.25, 0.3) is 0 Å². The Balaban J connectivity index is 1.98. The van der Waals surface area contributed by atoms with Crippen molar-refractivity contribution < 1.29 is 0 Å². The van der Waals surface area contributed by atoms with Crippen LogP contribution in [-0.2, 0) is 0 Å². The van der Waals surface area contributed by atoms with Crippen LogP contribution in [0.5, 0.6) is 0 Å². The van der Waals surface area contributed by atoms with Crippen LogP contribution >= 0.6 is 34.5 Å². The van der Waals surface area contributed by atoms with Gasteiger partial charge in [-0.15, -0.1) is 11.3 Å². The van der Waals surface area contributed by atoms with Crippen molar-refractivity contribution in [3.63, 3.8) is 0 Å². The van der Waals surface area contributed by atoms with Gasteiger partial charge in [0.2, 0.25) is 0 Å². The Labute approximate surface area is 139 Å². The van der Waals surface area contributed by atoms with E-state index in [-0.39, 0.29) is 6.04 Å². The smallest absolute Gasteiger partial charge is 0.114 e. The van der Waals surface area contributed by atoms with E-state index in [1.54, 1.807) is 11.3 Å². The lowest BCUT2D eigenvalue weighted by Gasteiger charge is -2.18. The van der Waals surface area contributed by atoms with Crippen LogP contribution in [0.1, 0.15) is 54.9 Å². The van der Waals surface area contributed by atoms with Crippen LogP contribution in [0.15, 0.2) is 23.6 Å². The minimum Gasteiger partial charge on any atom is -0.301 e. The summed E-state index contributed by atoms with van der Waals surface area (Å²) in [6, 6.07) is 6.40. The highest BCUT2D eigenvalue weighted by Gasteiger charge is 2.29. The number of nitrogens with one attached hydrogen (secondary N) is 1. The number of nitrogens with zero attached hydrogens (tertiary/aromatic N) is 1. The van der Waals surface area contributed by atoms with E-state index >= 15 is 0 Å². The largest absolute Gasteiger partial charge is 0.301 e. The molecule has 2 aromatic rings. The SMILES string of the molecule is CC(C)c1csc(C(NC2CC2)c2cccc(Cl)c2Cl)n1. The molecule has 5 heteroatoms. The average molecular weight is 341 g/mol. The number of hydrogen-bond acceptors (Lipinski definition) is 3. The second kappa shape index (κ2) is 6.25. The molecule has 1 aromatic carbocycles. The first-order valence-electron chi connectivity index (χ1n) is 7.21. The zero-order valence-corrected chi connectivity index (χ0v) is 14.4. The van der Waals surface area contributed by atoms with Crippen LogP contribution in [0, 0.1) is 0 Å². The summed E-state index contributed by atoms with van der Waals surface area (Å²) in [5.74, 6) is 0.436. The summed E-state index contributed by atoms with van der Waals surface area (Å²) in [5, 5.41) is 8.07. The minimum atomic E-state index is 0.0289.